The zero-order valence-electron chi connectivity index (χ0n) is 9.40. The molecule has 96 valence electrons. The van der Waals surface area contributed by atoms with Crippen LogP contribution >= 0.6 is 0 Å². The molecule has 0 aromatic heterocycles. The number of alkyl halides is 4. The number of likely N-dealkylation sites (N-methyl/N-ethyl adjacent to an activating group) is 1. The Bertz CT molecular complexity index is 221. The second-order valence-electron chi connectivity index (χ2n) is 3.53. The molecule has 0 amide bonds. The first-order valence-corrected chi connectivity index (χ1v) is 4.93. The lowest BCUT2D eigenvalue weighted by Crippen LogP contribution is -2.38. The molecule has 0 aliphatic carbocycles. The van der Waals surface area contributed by atoms with E-state index in [4.69, 9.17) is 0 Å². The molecule has 6 heteroatoms. The first-order chi connectivity index (χ1) is 7.31. The Morgan fingerprint density at radius 2 is 2.00 bits per heavy atom. The number of halogens is 4. The van der Waals surface area contributed by atoms with Gasteiger partial charge in [0, 0.05) is 0 Å². The van der Waals surface area contributed by atoms with Gasteiger partial charge in [-0.25, -0.2) is 8.78 Å². The average molecular weight is 243 g/mol. The van der Waals surface area contributed by atoms with Gasteiger partial charge in [0.2, 0.25) is 0 Å². The minimum atomic E-state index is -4.09. The SMILES string of the molecule is C=C(C)C(COCC(F)(F)C(F)F)NCC. The number of nitrogens with one attached hydrogen (secondary N) is 1. The molecule has 1 atom stereocenters. The van der Waals surface area contributed by atoms with Crippen molar-refractivity contribution in [2.75, 3.05) is 19.8 Å². The van der Waals surface area contributed by atoms with Crippen molar-refractivity contribution >= 4 is 0 Å². The van der Waals surface area contributed by atoms with E-state index in [1.165, 1.54) is 0 Å². The summed E-state index contributed by atoms with van der Waals surface area (Å²) in [6, 6.07) is -0.293. The summed E-state index contributed by atoms with van der Waals surface area (Å²) in [6.45, 7) is 6.44. The van der Waals surface area contributed by atoms with Gasteiger partial charge in [-0.2, -0.15) is 8.78 Å². The highest BCUT2D eigenvalue weighted by molar-refractivity contribution is 5.01. The molecule has 1 N–H and O–H groups in total. The van der Waals surface area contributed by atoms with Gasteiger partial charge in [-0.05, 0) is 13.5 Å². The van der Waals surface area contributed by atoms with Crippen LogP contribution in [0.5, 0.6) is 0 Å². The van der Waals surface area contributed by atoms with Gasteiger partial charge in [-0.15, -0.1) is 0 Å². The fourth-order valence-electron chi connectivity index (χ4n) is 0.998. The lowest BCUT2D eigenvalue weighted by atomic mass is 10.1. The largest absolute Gasteiger partial charge is 0.373 e. The molecule has 0 bridgehead atoms. The van der Waals surface area contributed by atoms with Crippen LogP contribution in [-0.2, 0) is 4.74 Å². The smallest absolute Gasteiger partial charge is 0.330 e. The van der Waals surface area contributed by atoms with Crippen LogP contribution in [0.4, 0.5) is 17.6 Å². The van der Waals surface area contributed by atoms with Gasteiger partial charge in [-0.1, -0.05) is 19.1 Å². The third kappa shape index (κ3) is 5.46. The molecule has 1 unspecified atom stereocenters. The van der Waals surface area contributed by atoms with E-state index in [0.717, 1.165) is 0 Å². The van der Waals surface area contributed by atoms with Crippen molar-refractivity contribution in [3.05, 3.63) is 12.2 Å². The van der Waals surface area contributed by atoms with Gasteiger partial charge in [0.15, 0.2) is 0 Å². The van der Waals surface area contributed by atoms with Crippen LogP contribution in [0.15, 0.2) is 12.2 Å². The van der Waals surface area contributed by atoms with Crippen LogP contribution in [0.25, 0.3) is 0 Å². The van der Waals surface area contributed by atoms with Crippen LogP contribution in [0, 0.1) is 0 Å². The standard InChI is InChI=1S/C10H17F4NO/c1-4-15-8(7(2)3)5-16-6-10(13,14)9(11)12/h8-9,15H,2,4-6H2,1,3H3. The van der Waals surface area contributed by atoms with E-state index in [-0.39, 0.29) is 12.6 Å². The summed E-state index contributed by atoms with van der Waals surface area (Å²) in [5, 5.41) is 2.94. The minimum Gasteiger partial charge on any atom is -0.373 e. The molecule has 0 saturated heterocycles. The molecule has 0 aliphatic heterocycles. The Morgan fingerprint density at radius 1 is 1.44 bits per heavy atom. The Morgan fingerprint density at radius 3 is 2.38 bits per heavy atom. The Balaban J connectivity index is 3.99. The van der Waals surface area contributed by atoms with Crippen molar-refractivity contribution in [1.82, 2.24) is 5.32 Å². The Labute approximate surface area is 92.7 Å². The maximum absolute atomic E-state index is 12.5. The molecular formula is C10H17F4NO. The summed E-state index contributed by atoms with van der Waals surface area (Å²) in [5.41, 5.74) is 0.710. The molecule has 16 heavy (non-hydrogen) atoms. The fourth-order valence-corrected chi connectivity index (χ4v) is 0.998. The molecule has 0 aromatic carbocycles. The van der Waals surface area contributed by atoms with E-state index in [9.17, 15) is 17.6 Å². The zero-order valence-corrected chi connectivity index (χ0v) is 9.40. The Kier molecular flexibility index (Phi) is 6.59. The molecule has 0 saturated carbocycles. The third-order valence-electron chi connectivity index (χ3n) is 1.94. The van der Waals surface area contributed by atoms with Crippen LogP contribution in [-0.4, -0.2) is 38.1 Å². The van der Waals surface area contributed by atoms with Gasteiger partial charge in [0.05, 0.1) is 12.6 Å². The van der Waals surface area contributed by atoms with Crippen molar-refractivity contribution in [1.29, 1.82) is 0 Å². The topological polar surface area (TPSA) is 21.3 Å². The van der Waals surface area contributed by atoms with E-state index in [0.29, 0.717) is 12.1 Å². The summed E-state index contributed by atoms with van der Waals surface area (Å²) >= 11 is 0. The minimum absolute atomic E-state index is 0.0918. The molecule has 0 spiro atoms. The summed E-state index contributed by atoms with van der Waals surface area (Å²) in [6.07, 6.45) is -3.70. The van der Waals surface area contributed by atoms with E-state index >= 15 is 0 Å². The maximum atomic E-state index is 12.5. The molecule has 0 radical (unpaired) electrons. The van der Waals surface area contributed by atoms with Crippen LogP contribution in [0.1, 0.15) is 13.8 Å². The molecule has 0 heterocycles. The first kappa shape index (κ1) is 15.4. The highest BCUT2D eigenvalue weighted by atomic mass is 19.3. The maximum Gasteiger partial charge on any atom is 0.330 e. The molecule has 0 rings (SSSR count). The average Bonchev–Trinajstić information content (AvgIpc) is 2.15. The third-order valence-corrected chi connectivity index (χ3v) is 1.94. The monoisotopic (exact) mass is 243 g/mol. The number of ether oxygens (including phenoxy) is 1. The van der Waals surface area contributed by atoms with Crippen molar-refractivity contribution in [2.24, 2.45) is 0 Å². The van der Waals surface area contributed by atoms with Gasteiger partial charge < -0.3 is 10.1 Å². The summed E-state index contributed by atoms with van der Waals surface area (Å²) in [7, 11) is 0. The second kappa shape index (κ2) is 6.85. The summed E-state index contributed by atoms with van der Waals surface area (Å²) in [4.78, 5) is 0. The van der Waals surface area contributed by atoms with Gasteiger partial charge in [-0.3, -0.25) is 0 Å². The predicted octanol–water partition coefficient (Wildman–Crippen LogP) is 2.46. The van der Waals surface area contributed by atoms with Gasteiger partial charge >= 0.3 is 12.3 Å². The van der Waals surface area contributed by atoms with Crippen LogP contribution in [0.2, 0.25) is 0 Å². The van der Waals surface area contributed by atoms with E-state index in [1.807, 2.05) is 6.92 Å². The van der Waals surface area contributed by atoms with Crippen molar-refractivity contribution in [2.45, 2.75) is 32.2 Å². The predicted molar refractivity (Wildman–Crippen MR) is 54.0 cm³/mol. The van der Waals surface area contributed by atoms with Crippen molar-refractivity contribution < 1.29 is 22.3 Å². The summed E-state index contributed by atoms with van der Waals surface area (Å²) < 4.78 is 53.1. The molecule has 2 nitrogen and oxygen atoms in total. The number of hydrogen-bond donors (Lipinski definition) is 1. The lowest BCUT2D eigenvalue weighted by Gasteiger charge is -2.20. The quantitative estimate of drug-likeness (QED) is 0.522. The highest BCUT2D eigenvalue weighted by Crippen LogP contribution is 2.22. The second-order valence-corrected chi connectivity index (χ2v) is 3.53. The first-order valence-electron chi connectivity index (χ1n) is 4.93. The Hall–Kier alpha value is -0.620. The highest BCUT2D eigenvalue weighted by Gasteiger charge is 2.41. The van der Waals surface area contributed by atoms with E-state index in [1.54, 1.807) is 6.92 Å². The number of hydrogen-bond acceptors (Lipinski definition) is 2. The van der Waals surface area contributed by atoms with Crippen molar-refractivity contribution in [3.8, 4) is 0 Å². The van der Waals surface area contributed by atoms with E-state index in [2.05, 4.69) is 16.6 Å². The molecule has 0 aromatic rings. The van der Waals surface area contributed by atoms with Crippen LogP contribution in [0.3, 0.4) is 0 Å². The molecule has 0 fully saturated rings. The van der Waals surface area contributed by atoms with Gasteiger partial charge in [0.1, 0.15) is 6.61 Å². The normalized spacial score (nSPS) is 14.2. The summed E-state index contributed by atoms with van der Waals surface area (Å²) in [5.74, 6) is -4.09. The number of rotatable bonds is 8. The molecule has 0 aliphatic rings. The molecular weight excluding hydrogens is 226 g/mol. The fraction of sp³-hybridized carbons (Fsp3) is 0.800. The van der Waals surface area contributed by atoms with Crippen molar-refractivity contribution in [3.63, 3.8) is 0 Å². The van der Waals surface area contributed by atoms with Crippen LogP contribution < -0.4 is 5.32 Å². The van der Waals surface area contributed by atoms with E-state index < -0.39 is 19.0 Å². The lowest BCUT2D eigenvalue weighted by molar-refractivity contribution is -0.166. The van der Waals surface area contributed by atoms with Gasteiger partial charge in [0.25, 0.3) is 0 Å². The zero-order chi connectivity index (χ0) is 12.8.